The first-order valence-corrected chi connectivity index (χ1v) is 8.37. The minimum Gasteiger partial charge on any atom is -0.497 e. The molecule has 8 heteroatoms. The summed E-state index contributed by atoms with van der Waals surface area (Å²) in [5.74, 6) is -1.02. The summed E-state index contributed by atoms with van der Waals surface area (Å²) in [5, 5.41) is 10.2. The number of H-pyrrole nitrogens is 1. The number of aromatic nitrogens is 1. The van der Waals surface area contributed by atoms with E-state index in [4.69, 9.17) is 4.74 Å². The first-order valence-electron chi connectivity index (χ1n) is 8.37. The van der Waals surface area contributed by atoms with Crippen LogP contribution >= 0.6 is 0 Å². The average Bonchev–Trinajstić information content (AvgIpc) is 3.08. The van der Waals surface area contributed by atoms with Gasteiger partial charge >= 0.3 is 12.0 Å². The van der Waals surface area contributed by atoms with Crippen molar-refractivity contribution >= 4 is 28.8 Å². The van der Waals surface area contributed by atoms with Gasteiger partial charge in [-0.3, -0.25) is 4.79 Å². The van der Waals surface area contributed by atoms with E-state index in [9.17, 15) is 19.5 Å². The van der Waals surface area contributed by atoms with E-state index >= 15 is 0 Å². The molecule has 1 aromatic carbocycles. The summed E-state index contributed by atoms with van der Waals surface area (Å²) in [6.45, 7) is 3.37. The summed E-state index contributed by atoms with van der Waals surface area (Å²) in [4.78, 5) is 42.8. The highest BCUT2D eigenvalue weighted by Gasteiger charge is 2.60. The first kappa shape index (κ1) is 16.4. The van der Waals surface area contributed by atoms with Crippen molar-refractivity contribution in [3.8, 4) is 5.75 Å². The molecule has 3 heterocycles. The first-order chi connectivity index (χ1) is 12.3. The molecule has 136 valence electrons. The zero-order valence-corrected chi connectivity index (χ0v) is 14.7. The van der Waals surface area contributed by atoms with Crippen molar-refractivity contribution in [1.29, 1.82) is 0 Å². The van der Waals surface area contributed by atoms with Crippen molar-refractivity contribution in [1.82, 2.24) is 14.8 Å². The Kier molecular flexibility index (Phi) is 3.31. The molecule has 4 rings (SSSR count). The standard InChI is InChI=1S/C18H19N3O5/c1-9(15(22)23)21-16(24)18(2)14-11(6-7-20(18)17(21)25)12-8-10(26-3)4-5-13(12)19-14/h4-5,8-9,19H,6-7H2,1-3H3,(H,22,23)/t9-,18+/m0/s1. The summed E-state index contributed by atoms with van der Waals surface area (Å²) in [6, 6.07) is 3.83. The van der Waals surface area contributed by atoms with Crippen LogP contribution in [0.2, 0.25) is 0 Å². The van der Waals surface area contributed by atoms with Crippen molar-refractivity contribution in [2.45, 2.75) is 31.8 Å². The lowest BCUT2D eigenvalue weighted by Crippen LogP contribution is -2.49. The third-order valence-corrected chi connectivity index (χ3v) is 5.54. The summed E-state index contributed by atoms with van der Waals surface area (Å²) in [7, 11) is 1.59. The van der Waals surface area contributed by atoms with E-state index < -0.39 is 29.5 Å². The second-order valence-electron chi connectivity index (χ2n) is 6.84. The van der Waals surface area contributed by atoms with Crippen LogP contribution < -0.4 is 4.74 Å². The summed E-state index contributed by atoms with van der Waals surface area (Å²) < 4.78 is 5.29. The lowest BCUT2D eigenvalue weighted by molar-refractivity contribution is -0.147. The number of hydrogen-bond acceptors (Lipinski definition) is 4. The van der Waals surface area contributed by atoms with Crippen LogP contribution in [0.5, 0.6) is 5.75 Å². The zero-order valence-electron chi connectivity index (χ0n) is 14.7. The molecule has 0 bridgehead atoms. The van der Waals surface area contributed by atoms with Crippen molar-refractivity contribution in [3.05, 3.63) is 29.5 Å². The topological polar surface area (TPSA) is 103 Å². The van der Waals surface area contributed by atoms with E-state index in [0.717, 1.165) is 21.4 Å². The number of carbonyl (C=O) groups excluding carboxylic acids is 2. The summed E-state index contributed by atoms with van der Waals surface area (Å²) in [5.41, 5.74) is 1.22. The van der Waals surface area contributed by atoms with Gasteiger partial charge < -0.3 is 19.7 Å². The fourth-order valence-corrected chi connectivity index (χ4v) is 4.02. The Morgan fingerprint density at radius 2 is 2.12 bits per heavy atom. The third-order valence-electron chi connectivity index (χ3n) is 5.54. The summed E-state index contributed by atoms with van der Waals surface area (Å²) >= 11 is 0. The zero-order chi connectivity index (χ0) is 18.8. The molecular weight excluding hydrogens is 338 g/mol. The Balaban J connectivity index is 1.89. The molecule has 0 unspecified atom stereocenters. The molecular formula is C18H19N3O5. The number of amides is 3. The number of nitrogens with one attached hydrogen (secondary N) is 1. The maximum absolute atomic E-state index is 13.1. The molecule has 1 aromatic heterocycles. The number of aliphatic carboxylic acids is 1. The molecule has 26 heavy (non-hydrogen) atoms. The van der Waals surface area contributed by atoms with Crippen LogP contribution in [-0.2, 0) is 21.5 Å². The Labute approximate surface area is 149 Å². The van der Waals surface area contributed by atoms with Crippen LogP contribution in [0.1, 0.15) is 25.1 Å². The molecule has 2 aliphatic rings. The Hall–Kier alpha value is -3.03. The predicted molar refractivity (Wildman–Crippen MR) is 92.0 cm³/mol. The number of rotatable bonds is 3. The number of imide groups is 1. The molecule has 2 atom stereocenters. The number of nitrogens with zero attached hydrogens (tertiary/aromatic N) is 2. The number of urea groups is 1. The molecule has 2 N–H and O–H groups in total. The SMILES string of the molecule is COc1ccc2[nH]c3c(c2c1)CCN1C(=O)N([C@@H](C)C(=O)O)C(=O)[C@@]31C. The molecule has 0 saturated carbocycles. The van der Waals surface area contributed by atoms with E-state index in [0.29, 0.717) is 24.4 Å². The number of carboxylic acid groups (broad SMARTS) is 1. The van der Waals surface area contributed by atoms with Gasteiger partial charge in [-0.25, -0.2) is 14.5 Å². The van der Waals surface area contributed by atoms with Crippen LogP contribution in [0, 0.1) is 0 Å². The largest absolute Gasteiger partial charge is 0.497 e. The molecule has 0 spiro atoms. The van der Waals surface area contributed by atoms with Crippen molar-refractivity contribution in [3.63, 3.8) is 0 Å². The number of ether oxygens (including phenoxy) is 1. The quantitative estimate of drug-likeness (QED) is 0.814. The monoisotopic (exact) mass is 357 g/mol. The van der Waals surface area contributed by atoms with Gasteiger partial charge in [-0.1, -0.05) is 0 Å². The van der Waals surface area contributed by atoms with Crippen LogP contribution in [0.4, 0.5) is 4.79 Å². The molecule has 1 fully saturated rings. The number of benzene rings is 1. The minimum absolute atomic E-state index is 0.348. The molecule has 8 nitrogen and oxygen atoms in total. The molecule has 0 aliphatic carbocycles. The predicted octanol–water partition coefficient (Wildman–Crippen LogP) is 1.69. The van der Waals surface area contributed by atoms with Gasteiger partial charge in [0, 0.05) is 17.4 Å². The molecule has 1 saturated heterocycles. The van der Waals surface area contributed by atoms with Gasteiger partial charge in [-0.2, -0.15) is 0 Å². The van der Waals surface area contributed by atoms with Gasteiger partial charge in [0.25, 0.3) is 5.91 Å². The Bertz CT molecular complexity index is 965. The van der Waals surface area contributed by atoms with E-state index in [1.54, 1.807) is 14.0 Å². The molecule has 2 aromatic rings. The molecule has 0 radical (unpaired) electrons. The number of fused-ring (bicyclic) bond motifs is 5. The highest BCUT2D eigenvalue weighted by Crippen LogP contribution is 2.44. The maximum Gasteiger partial charge on any atom is 0.328 e. The van der Waals surface area contributed by atoms with Crippen molar-refractivity contribution in [2.75, 3.05) is 13.7 Å². The second-order valence-corrected chi connectivity index (χ2v) is 6.84. The average molecular weight is 357 g/mol. The number of methoxy groups -OCH3 is 1. The molecule has 2 aliphatic heterocycles. The Morgan fingerprint density at radius 3 is 2.77 bits per heavy atom. The van der Waals surface area contributed by atoms with Gasteiger partial charge in [-0.15, -0.1) is 0 Å². The van der Waals surface area contributed by atoms with Crippen LogP contribution in [0.25, 0.3) is 10.9 Å². The van der Waals surface area contributed by atoms with Crippen LogP contribution in [0.15, 0.2) is 18.2 Å². The Morgan fingerprint density at radius 1 is 1.38 bits per heavy atom. The van der Waals surface area contributed by atoms with Gasteiger partial charge in [0.15, 0.2) is 5.54 Å². The second kappa shape index (κ2) is 5.23. The highest BCUT2D eigenvalue weighted by molar-refractivity contribution is 6.10. The number of hydrogen-bond donors (Lipinski definition) is 2. The fourth-order valence-electron chi connectivity index (χ4n) is 4.02. The van der Waals surface area contributed by atoms with Gasteiger partial charge in [0.2, 0.25) is 0 Å². The third kappa shape index (κ3) is 1.86. The maximum atomic E-state index is 13.1. The number of carbonyl (C=O) groups is 3. The highest BCUT2D eigenvalue weighted by atomic mass is 16.5. The molecule has 3 amide bonds. The van der Waals surface area contributed by atoms with Crippen molar-refractivity contribution < 1.29 is 24.2 Å². The van der Waals surface area contributed by atoms with E-state index in [1.807, 2.05) is 18.2 Å². The number of aromatic amines is 1. The van der Waals surface area contributed by atoms with Gasteiger partial charge in [0.05, 0.1) is 12.8 Å². The van der Waals surface area contributed by atoms with E-state index in [-0.39, 0.29) is 0 Å². The lowest BCUT2D eigenvalue weighted by atomic mass is 9.87. The smallest absolute Gasteiger partial charge is 0.328 e. The van der Waals surface area contributed by atoms with E-state index in [2.05, 4.69) is 4.98 Å². The summed E-state index contributed by atoms with van der Waals surface area (Å²) in [6.07, 6.45) is 0.576. The minimum atomic E-state index is -1.24. The number of carboxylic acids is 1. The van der Waals surface area contributed by atoms with Crippen LogP contribution in [-0.4, -0.2) is 57.5 Å². The van der Waals surface area contributed by atoms with Gasteiger partial charge in [-0.05, 0) is 44.0 Å². The van der Waals surface area contributed by atoms with Gasteiger partial charge in [0.1, 0.15) is 11.8 Å². The van der Waals surface area contributed by atoms with Crippen molar-refractivity contribution in [2.24, 2.45) is 0 Å². The fraction of sp³-hybridized carbons (Fsp3) is 0.389. The lowest BCUT2D eigenvalue weighted by Gasteiger charge is -2.36. The van der Waals surface area contributed by atoms with E-state index in [1.165, 1.54) is 11.8 Å². The van der Waals surface area contributed by atoms with Crippen LogP contribution in [0.3, 0.4) is 0 Å². The normalized spacial score (nSPS) is 23.2.